The van der Waals surface area contributed by atoms with Crippen molar-refractivity contribution in [2.45, 2.75) is 32.6 Å². The molecule has 0 aliphatic carbocycles. The van der Waals surface area contributed by atoms with E-state index in [0.717, 1.165) is 38.0 Å². The zero-order valence-corrected chi connectivity index (χ0v) is 20.3. The second-order valence-electron chi connectivity index (χ2n) is 7.77. The lowest BCUT2D eigenvalue weighted by Gasteiger charge is -2.30. The first-order valence-electron chi connectivity index (χ1n) is 11.3. The number of hydrogen-bond donors (Lipinski definition) is 3. The van der Waals surface area contributed by atoms with E-state index >= 15 is 0 Å². The zero-order valence-electron chi connectivity index (χ0n) is 18.8. The van der Waals surface area contributed by atoms with E-state index in [1.165, 1.54) is 6.42 Å². The van der Waals surface area contributed by atoms with Gasteiger partial charge in [-0.3, -0.25) is 4.79 Å². The molecule has 1 heterocycles. The van der Waals surface area contributed by atoms with Crippen molar-refractivity contribution in [1.29, 1.82) is 0 Å². The molecule has 0 atom stereocenters. The first kappa shape index (κ1) is 25.1. The Labute approximate surface area is 204 Å². The topological polar surface area (TPSA) is 82.7 Å². The number of benzene rings is 2. The van der Waals surface area contributed by atoms with Gasteiger partial charge in [0.1, 0.15) is 0 Å². The smallest absolute Gasteiger partial charge is 0.323 e. The lowest BCUT2D eigenvalue weighted by molar-refractivity contribution is 0.0944. The van der Waals surface area contributed by atoms with Gasteiger partial charge in [0.15, 0.2) is 0 Å². The maximum Gasteiger partial charge on any atom is 0.323 e. The lowest BCUT2D eigenvalue weighted by Crippen LogP contribution is -2.33. The normalized spacial score (nSPS) is 13.5. The second kappa shape index (κ2) is 12.7. The first-order valence-corrected chi connectivity index (χ1v) is 12.0. The monoisotopic (exact) mass is 492 g/mol. The van der Waals surface area contributed by atoms with Crippen LogP contribution in [0, 0.1) is 0 Å². The third kappa shape index (κ3) is 7.25. The van der Waals surface area contributed by atoms with Crippen LogP contribution in [0.3, 0.4) is 0 Å². The van der Waals surface area contributed by atoms with Gasteiger partial charge in [-0.2, -0.15) is 0 Å². The first-order chi connectivity index (χ1) is 16.0. The minimum atomic E-state index is -0.479. The molecule has 9 heteroatoms. The molecule has 2 aromatic rings. The Bertz CT molecular complexity index is 965. The minimum Gasteiger partial charge on any atom is -0.382 e. The van der Waals surface area contributed by atoms with E-state index in [2.05, 4.69) is 20.9 Å². The van der Waals surface area contributed by atoms with E-state index < -0.39 is 6.03 Å². The Kier molecular flexibility index (Phi) is 9.66. The highest BCUT2D eigenvalue weighted by Gasteiger charge is 2.20. The van der Waals surface area contributed by atoms with Crippen molar-refractivity contribution in [3.63, 3.8) is 0 Å². The fourth-order valence-corrected chi connectivity index (χ4v) is 4.05. The van der Waals surface area contributed by atoms with Crippen molar-refractivity contribution >= 4 is 52.2 Å². The summed E-state index contributed by atoms with van der Waals surface area (Å²) in [5.41, 5.74) is 2.32. The summed E-state index contributed by atoms with van der Waals surface area (Å²) in [6.45, 7) is 5.53. The molecule has 3 amide bonds. The molecule has 1 aliphatic heterocycles. The largest absolute Gasteiger partial charge is 0.382 e. The SMILES string of the molecule is CCOCCCNC(=O)c1cc(NC(=O)Nc2cccc(Cl)c2Cl)ccc1N1CCCCC1. The van der Waals surface area contributed by atoms with Crippen LogP contribution in [-0.4, -0.2) is 44.8 Å². The summed E-state index contributed by atoms with van der Waals surface area (Å²) in [4.78, 5) is 27.8. The fraction of sp³-hybridized carbons (Fsp3) is 0.417. The van der Waals surface area contributed by atoms with E-state index in [0.29, 0.717) is 41.7 Å². The fourth-order valence-electron chi connectivity index (χ4n) is 3.71. The summed E-state index contributed by atoms with van der Waals surface area (Å²) in [6, 6.07) is 9.93. The highest BCUT2D eigenvalue weighted by Crippen LogP contribution is 2.30. The molecule has 178 valence electrons. The van der Waals surface area contributed by atoms with Gasteiger partial charge in [0.25, 0.3) is 5.91 Å². The molecule has 1 fully saturated rings. The van der Waals surface area contributed by atoms with Gasteiger partial charge in [0, 0.05) is 44.2 Å². The van der Waals surface area contributed by atoms with Crippen LogP contribution in [0.15, 0.2) is 36.4 Å². The number of amides is 3. The molecule has 1 aliphatic rings. The van der Waals surface area contributed by atoms with Gasteiger partial charge in [-0.25, -0.2) is 4.79 Å². The lowest BCUT2D eigenvalue weighted by atomic mass is 10.1. The number of carbonyl (C=O) groups is 2. The number of rotatable bonds is 9. The van der Waals surface area contributed by atoms with Gasteiger partial charge in [0.2, 0.25) is 0 Å². The second-order valence-corrected chi connectivity index (χ2v) is 8.55. The maximum absolute atomic E-state index is 13.0. The van der Waals surface area contributed by atoms with Crippen molar-refractivity contribution < 1.29 is 14.3 Å². The molecular weight excluding hydrogens is 463 g/mol. The number of ether oxygens (including phenoxy) is 1. The number of nitrogens with zero attached hydrogens (tertiary/aromatic N) is 1. The average molecular weight is 493 g/mol. The molecule has 1 saturated heterocycles. The summed E-state index contributed by atoms with van der Waals surface area (Å²) < 4.78 is 5.34. The van der Waals surface area contributed by atoms with Gasteiger partial charge < -0.3 is 25.6 Å². The molecule has 0 saturated carbocycles. The molecule has 33 heavy (non-hydrogen) atoms. The molecule has 0 spiro atoms. The Morgan fingerprint density at radius 2 is 1.85 bits per heavy atom. The number of urea groups is 1. The zero-order chi connectivity index (χ0) is 23.6. The van der Waals surface area contributed by atoms with Crippen LogP contribution in [0.2, 0.25) is 10.0 Å². The van der Waals surface area contributed by atoms with Gasteiger partial charge >= 0.3 is 6.03 Å². The van der Waals surface area contributed by atoms with Gasteiger partial charge in [-0.15, -0.1) is 0 Å². The number of hydrogen-bond acceptors (Lipinski definition) is 4. The van der Waals surface area contributed by atoms with E-state index in [1.807, 2.05) is 13.0 Å². The molecule has 3 rings (SSSR count). The van der Waals surface area contributed by atoms with Crippen molar-refractivity contribution in [3.05, 3.63) is 52.0 Å². The maximum atomic E-state index is 13.0. The minimum absolute atomic E-state index is 0.172. The molecule has 0 unspecified atom stereocenters. The Hall–Kier alpha value is -2.48. The molecule has 0 bridgehead atoms. The Balaban J connectivity index is 1.73. The third-order valence-corrected chi connectivity index (χ3v) is 6.17. The van der Waals surface area contributed by atoms with Crippen molar-refractivity contribution in [1.82, 2.24) is 5.32 Å². The van der Waals surface area contributed by atoms with Gasteiger partial charge in [-0.05, 0) is 62.9 Å². The van der Waals surface area contributed by atoms with E-state index in [9.17, 15) is 9.59 Å². The molecule has 2 aromatic carbocycles. The molecule has 0 radical (unpaired) electrons. The standard InChI is InChI=1S/C24H30Cl2N4O3/c1-2-33-15-7-12-27-23(31)18-16-17(10-11-21(18)30-13-4-3-5-14-30)28-24(32)29-20-9-6-8-19(25)22(20)26/h6,8-11,16H,2-5,7,12-15H2,1H3,(H,27,31)(H2,28,29,32). The molecule has 7 nitrogen and oxygen atoms in total. The number of carbonyl (C=O) groups excluding carboxylic acids is 2. The number of halogens is 2. The van der Waals surface area contributed by atoms with Crippen LogP contribution in [0.25, 0.3) is 0 Å². The highest BCUT2D eigenvalue weighted by molar-refractivity contribution is 6.44. The third-order valence-electron chi connectivity index (χ3n) is 5.35. The number of nitrogens with one attached hydrogen (secondary N) is 3. The summed E-state index contributed by atoms with van der Waals surface area (Å²) in [5.74, 6) is -0.172. The molecule has 0 aromatic heterocycles. The van der Waals surface area contributed by atoms with Crippen LogP contribution in [0.1, 0.15) is 43.0 Å². The van der Waals surface area contributed by atoms with Crippen LogP contribution < -0.4 is 20.9 Å². The van der Waals surface area contributed by atoms with Crippen molar-refractivity contribution in [2.24, 2.45) is 0 Å². The van der Waals surface area contributed by atoms with Crippen LogP contribution in [0.5, 0.6) is 0 Å². The van der Waals surface area contributed by atoms with E-state index in [1.54, 1.807) is 30.3 Å². The van der Waals surface area contributed by atoms with Crippen LogP contribution in [0.4, 0.5) is 21.9 Å². The predicted octanol–water partition coefficient (Wildman–Crippen LogP) is 5.78. The summed E-state index contributed by atoms with van der Waals surface area (Å²) in [6.07, 6.45) is 4.12. The summed E-state index contributed by atoms with van der Waals surface area (Å²) in [7, 11) is 0. The molecule has 3 N–H and O–H groups in total. The quantitative estimate of drug-likeness (QED) is 0.387. The summed E-state index contributed by atoms with van der Waals surface area (Å²) >= 11 is 12.2. The number of piperidine rings is 1. The van der Waals surface area contributed by atoms with Gasteiger partial charge in [-0.1, -0.05) is 29.3 Å². The van der Waals surface area contributed by atoms with E-state index in [4.69, 9.17) is 27.9 Å². The summed E-state index contributed by atoms with van der Waals surface area (Å²) in [5, 5.41) is 9.05. The van der Waals surface area contributed by atoms with Gasteiger partial charge in [0.05, 0.1) is 21.3 Å². The Morgan fingerprint density at radius 1 is 1.06 bits per heavy atom. The van der Waals surface area contributed by atoms with E-state index in [-0.39, 0.29) is 10.9 Å². The van der Waals surface area contributed by atoms with Crippen LogP contribution >= 0.6 is 23.2 Å². The highest BCUT2D eigenvalue weighted by atomic mass is 35.5. The average Bonchev–Trinajstić information content (AvgIpc) is 2.82. The predicted molar refractivity (Wildman–Crippen MR) is 135 cm³/mol. The number of anilines is 3. The van der Waals surface area contributed by atoms with Crippen molar-refractivity contribution in [2.75, 3.05) is 48.4 Å². The molecular formula is C24H30Cl2N4O3. The van der Waals surface area contributed by atoms with Crippen LogP contribution in [-0.2, 0) is 4.74 Å². The Morgan fingerprint density at radius 3 is 2.61 bits per heavy atom. The van der Waals surface area contributed by atoms with Crippen molar-refractivity contribution in [3.8, 4) is 0 Å².